The van der Waals surface area contributed by atoms with Crippen LogP contribution in [0, 0.1) is 0 Å². The largest absolute Gasteiger partial charge is 0.501 e. The summed E-state index contributed by atoms with van der Waals surface area (Å²) in [5.74, 6) is 0. The third kappa shape index (κ3) is 18.7. The molecule has 6 nitrogen and oxygen atoms in total. The molecular weight excluding hydrogens is 400 g/mol. The van der Waals surface area contributed by atoms with Crippen LogP contribution in [0.25, 0.3) is 0 Å². The molecule has 0 heterocycles. The Kier molecular flexibility index (Phi) is 23.6. The first kappa shape index (κ1) is 30.0. The molecule has 0 saturated carbocycles. The minimum Gasteiger partial charge on any atom is -0.382 e. The second kappa shape index (κ2) is 23.6. The van der Waals surface area contributed by atoms with Crippen molar-refractivity contribution in [2.24, 2.45) is 0 Å². The van der Waals surface area contributed by atoms with Gasteiger partial charge in [0.2, 0.25) is 0 Å². The lowest BCUT2D eigenvalue weighted by atomic mass is 10.1. The lowest BCUT2D eigenvalue weighted by Gasteiger charge is -2.29. The van der Waals surface area contributed by atoms with E-state index in [-0.39, 0.29) is 0 Å². The Hall–Kier alpha value is -0.0231. The molecule has 0 spiro atoms. The molecule has 0 saturated heterocycles. The maximum Gasteiger partial charge on any atom is 0.501 e. The van der Waals surface area contributed by atoms with Gasteiger partial charge < -0.3 is 27.5 Å². The van der Waals surface area contributed by atoms with E-state index in [0.29, 0.717) is 39.6 Å². The van der Waals surface area contributed by atoms with Crippen LogP contribution in [0.1, 0.15) is 84.0 Å². The first-order chi connectivity index (χ1) is 14.7. The van der Waals surface area contributed by atoms with Crippen LogP contribution >= 0.6 is 0 Å². The number of methoxy groups -OCH3 is 3. The Balaban J connectivity index is 4.14. The Morgan fingerprint density at radius 2 is 0.767 bits per heavy atom. The van der Waals surface area contributed by atoms with Gasteiger partial charge in [-0.2, -0.15) is 0 Å². The SMILES string of the molecule is CCCCCCCCCCCCCC[Si](OCCOC)(OCCOC)OCCOC. The molecule has 0 aliphatic rings. The highest BCUT2D eigenvalue weighted by atomic mass is 28.4. The third-order valence-electron chi connectivity index (χ3n) is 5.16. The van der Waals surface area contributed by atoms with Crippen LogP contribution in [-0.4, -0.2) is 69.8 Å². The summed E-state index contributed by atoms with van der Waals surface area (Å²) in [6.07, 6.45) is 15.9. The van der Waals surface area contributed by atoms with E-state index in [0.717, 1.165) is 12.5 Å². The van der Waals surface area contributed by atoms with E-state index in [2.05, 4.69) is 6.92 Å². The number of rotatable bonds is 25. The summed E-state index contributed by atoms with van der Waals surface area (Å²) in [5.41, 5.74) is 0. The van der Waals surface area contributed by atoms with Crippen molar-refractivity contribution >= 4 is 8.80 Å². The molecule has 0 N–H and O–H groups in total. The Morgan fingerprint density at radius 3 is 1.10 bits per heavy atom. The predicted octanol–water partition coefficient (Wildman–Crippen LogP) is 5.62. The van der Waals surface area contributed by atoms with Crippen LogP contribution in [0.5, 0.6) is 0 Å². The zero-order valence-corrected chi connectivity index (χ0v) is 21.4. The molecular formula is C23H50O6Si. The molecule has 0 unspecified atom stereocenters. The molecule has 0 bridgehead atoms. The Bertz CT molecular complexity index is 306. The average Bonchev–Trinajstić information content (AvgIpc) is 2.75. The zero-order chi connectivity index (χ0) is 22.2. The Morgan fingerprint density at radius 1 is 0.433 bits per heavy atom. The second-order valence-corrected chi connectivity index (χ2v) is 10.6. The van der Waals surface area contributed by atoms with E-state index in [1.165, 1.54) is 70.6 Å². The van der Waals surface area contributed by atoms with Gasteiger partial charge in [-0.25, -0.2) is 0 Å². The van der Waals surface area contributed by atoms with Crippen LogP contribution in [0.15, 0.2) is 0 Å². The monoisotopic (exact) mass is 450 g/mol. The van der Waals surface area contributed by atoms with Crippen LogP contribution < -0.4 is 0 Å². The minimum atomic E-state index is -2.74. The number of ether oxygens (including phenoxy) is 3. The van der Waals surface area contributed by atoms with Crippen LogP contribution in [0.3, 0.4) is 0 Å². The number of unbranched alkanes of at least 4 members (excludes halogenated alkanes) is 11. The molecule has 182 valence electrons. The molecule has 0 aliphatic heterocycles. The summed E-state index contributed by atoms with van der Waals surface area (Å²) in [5, 5.41) is 0. The van der Waals surface area contributed by atoms with Gasteiger partial charge in [-0.1, -0.05) is 77.6 Å². The van der Waals surface area contributed by atoms with Gasteiger partial charge in [0.15, 0.2) is 0 Å². The van der Waals surface area contributed by atoms with E-state index in [1.54, 1.807) is 21.3 Å². The van der Waals surface area contributed by atoms with Crippen molar-refractivity contribution < 1.29 is 27.5 Å². The van der Waals surface area contributed by atoms with E-state index in [9.17, 15) is 0 Å². The van der Waals surface area contributed by atoms with Crippen molar-refractivity contribution in [1.82, 2.24) is 0 Å². The summed E-state index contributed by atoms with van der Waals surface area (Å²) < 4.78 is 33.8. The highest BCUT2D eigenvalue weighted by molar-refractivity contribution is 6.60. The van der Waals surface area contributed by atoms with Crippen molar-refractivity contribution in [2.75, 3.05) is 61.0 Å². The van der Waals surface area contributed by atoms with Gasteiger partial charge in [-0.05, 0) is 6.42 Å². The zero-order valence-electron chi connectivity index (χ0n) is 20.4. The van der Waals surface area contributed by atoms with Gasteiger partial charge in [0, 0.05) is 27.4 Å². The Labute approximate surface area is 187 Å². The van der Waals surface area contributed by atoms with Crippen molar-refractivity contribution in [1.29, 1.82) is 0 Å². The first-order valence-corrected chi connectivity index (χ1v) is 14.1. The van der Waals surface area contributed by atoms with Gasteiger partial charge >= 0.3 is 8.80 Å². The number of hydrogen-bond acceptors (Lipinski definition) is 6. The molecule has 7 heteroatoms. The molecule has 0 aromatic heterocycles. The quantitative estimate of drug-likeness (QED) is 0.133. The van der Waals surface area contributed by atoms with Crippen molar-refractivity contribution in [3.05, 3.63) is 0 Å². The number of hydrogen-bond donors (Lipinski definition) is 0. The van der Waals surface area contributed by atoms with E-state index in [4.69, 9.17) is 27.5 Å². The third-order valence-corrected chi connectivity index (χ3v) is 8.06. The summed E-state index contributed by atoms with van der Waals surface area (Å²) in [6.45, 7) is 5.34. The van der Waals surface area contributed by atoms with Crippen molar-refractivity contribution in [3.63, 3.8) is 0 Å². The smallest absolute Gasteiger partial charge is 0.382 e. The maximum absolute atomic E-state index is 6.12. The molecule has 0 aliphatic carbocycles. The molecule has 0 fully saturated rings. The van der Waals surface area contributed by atoms with Crippen LogP contribution in [0.4, 0.5) is 0 Å². The fourth-order valence-corrected chi connectivity index (χ4v) is 5.91. The normalized spacial score (nSPS) is 12.0. The second-order valence-electron chi connectivity index (χ2n) is 7.85. The van der Waals surface area contributed by atoms with E-state index in [1.807, 2.05) is 0 Å². The van der Waals surface area contributed by atoms with Crippen LogP contribution in [-0.2, 0) is 27.5 Å². The van der Waals surface area contributed by atoms with Gasteiger partial charge in [0.1, 0.15) is 0 Å². The van der Waals surface area contributed by atoms with Gasteiger partial charge in [0.25, 0.3) is 0 Å². The predicted molar refractivity (Wildman–Crippen MR) is 125 cm³/mol. The molecule has 0 aromatic rings. The van der Waals surface area contributed by atoms with E-state index >= 15 is 0 Å². The maximum atomic E-state index is 6.12. The highest BCUT2D eigenvalue weighted by Gasteiger charge is 2.40. The molecule has 0 amide bonds. The topological polar surface area (TPSA) is 55.4 Å². The van der Waals surface area contributed by atoms with Crippen molar-refractivity contribution in [3.8, 4) is 0 Å². The van der Waals surface area contributed by atoms with Crippen molar-refractivity contribution in [2.45, 2.75) is 90.0 Å². The summed E-state index contributed by atoms with van der Waals surface area (Å²) >= 11 is 0. The molecule has 30 heavy (non-hydrogen) atoms. The molecule has 0 atom stereocenters. The molecule has 0 radical (unpaired) electrons. The fourth-order valence-electron chi connectivity index (χ4n) is 3.37. The molecule has 0 rings (SSSR count). The summed E-state index contributed by atoms with van der Waals surface area (Å²) in [7, 11) is 2.28. The molecule has 0 aromatic carbocycles. The summed E-state index contributed by atoms with van der Waals surface area (Å²) in [6, 6.07) is 0.835. The first-order valence-electron chi connectivity index (χ1n) is 12.1. The van der Waals surface area contributed by atoms with Gasteiger partial charge in [-0.3, -0.25) is 0 Å². The minimum absolute atomic E-state index is 0.487. The lowest BCUT2D eigenvalue weighted by molar-refractivity contribution is 0.0142. The average molecular weight is 451 g/mol. The van der Waals surface area contributed by atoms with Gasteiger partial charge in [-0.15, -0.1) is 0 Å². The highest BCUT2D eigenvalue weighted by Crippen LogP contribution is 2.21. The standard InChI is InChI=1S/C23H50O6Si/c1-5-6-7-8-9-10-11-12-13-14-15-16-23-30(27-20-17-24-2,28-21-18-25-3)29-22-19-26-4/h5-23H2,1-4H3. The van der Waals surface area contributed by atoms with Gasteiger partial charge in [0.05, 0.1) is 39.6 Å². The summed E-state index contributed by atoms with van der Waals surface area (Å²) in [4.78, 5) is 0. The van der Waals surface area contributed by atoms with Crippen LogP contribution in [0.2, 0.25) is 6.04 Å². The lowest BCUT2D eigenvalue weighted by Crippen LogP contribution is -2.48. The van der Waals surface area contributed by atoms with E-state index < -0.39 is 8.80 Å². The fraction of sp³-hybridized carbons (Fsp3) is 1.00.